The number of halogens is 3. The van der Waals surface area contributed by atoms with E-state index in [1.165, 1.54) is 4.90 Å². The van der Waals surface area contributed by atoms with Gasteiger partial charge in [0.05, 0.1) is 18.2 Å². The van der Waals surface area contributed by atoms with Gasteiger partial charge in [0.2, 0.25) is 0 Å². The molecule has 0 atom stereocenters. The Bertz CT molecular complexity index is 485. The van der Waals surface area contributed by atoms with Crippen molar-refractivity contribution in [1.82, 2.24) is 9.80 Å². The van der Waals surface area contributed by atoms with Crippen LogP contribution in [0.1, 0.15) is 11.1 Å². The summed E-state index contributed by atoms with van der Waals surface area (Å²) in [5.74, 6) is 0. The van der Waals surface area contributed by atoms with Crippen LogP contribution in [0.3, 0.4) is 0 Å². The lowest BCUT2D eigenvalue weighted by atomic mass is 10.1. The average Bonchev–Trinajstić information content (AvgIpc) is 2.40. The first-order valence-electron chi connectivity index (χ1n) is 6.47. The molecule has 0 spiro atoms. The van der Waals surface area contributed by atoms with Crippen LogP contribution in [0.15, 0.2) is 24.3 Å². The number of hydrogen-bond acceptors (Lipinski definition) is 3. The molecule has 0 radical (unpaired) electrons. The molecule has 108 valence electrons. The van der Waals surface area contributed by atoms with Crippen LogP contribution >= 0.6 is 0 Å². The Balaban J connectivity index is 1.87. The Kier molecular flexibility index (Phi) is 4.63. The number of nitriles is 1. The standard InChI is InChI=1S/C14H16F3N3/c15-14(16,17)11-20-7-5-19(6-8-20)10-13-4-2-1-3-12(13)9-18/h1-4H,5-8,10-11H2. The van der Waals surface area contributed by atoms with Gasteiger partial charge in [0.25, 0.3) is 0 Å². The third-order valence-electron chi connectivity index (χ3n) is 3.40. The van der Waals surface area contributed by atoms with Crippen LogP contribution in [0.25, 0.3) is 0 Å². The lowest BCUT2D eigenvalue weighted by molar-refractivity contribution is -0.149. The van der Waals surface area contributed by atoms with Crippen molar-refractivity contribution < 1.29 is 13.2 Å². The zero-order chi connectivity index (χ0) is 14.6. The van der Waals surface area contributed by atoms with Gasteiger partial charge in [-0.25, -0.2) is 0 Å². The normalized spacial score (nSPS) is 17.9. The minimum Gasteiger partial charge on any atom is -0.296 e. The Morgan fingerprint density at radius 2 is 1.65 bits per heavy atom. The molecule has 1 saturated heterocycles. The van der Waals surface area contributed by atoms with Gasteiger partial charge in [-0.05, 0) is 11.6 Å². The number of piperazine rings is 1. The smallest absolute Gasteiger partial charge is 0.296 e. The molecular weight excluding hydrogens is 267 g/mol. The third-order valence-corrected chi connectivity index (χ3v) is 3.40. The van der Waals surface area contributed by atoms with Crippen LogP contribution in [0.4, 0.5) is 13.2 Å². The van der Waals surface area contributed by atoms with E-state index in [1.54, 1.807) is 6.07 Å². The topological polar surface area (TPSA) is 30.3 Å². The van der Waals surface area contributed by atoms with Gasteiger partial charge in [0, 0.05) is 32.7 Å². The lowest BCUT2D eigenvalue weighted by Crippen LogP contribution is -2.48. The summed E-state index contributed by atoms with van der Waals surface area (Å²) in [6.45, 7) is 1.79. The molecule has 1 fully saturated rings. The summed E-state index contributed by atoms with van der Waals surface area (Å²) in [5, 5.41) is 9.02. The van der Waals surface area contributed by atoms with Crippen LogP contribution in [0.2, 0.25) is 0 Å². The molecule has 0 saturated carbocycles. The number of nitrogens with zero attached hydrogens (tertiary/aromatic N) is 3. The Morgan fingerprint density at radius 1 is 1.05 bits per heavy atom. The maximum atomic E-state index is 12.3. The Hall–Kier alpha value is -1.58. The SMILES string of the molecule is N#Cc1ccccc1CN1CCN(CC(F)(F)F)CC1. The summed E-state index contributed by atoms with van der Waals surface area (Å²) in [7, 11) is 0. The van der Waals surface area contributed by atoms with Crippen LogP contribution < -0.4 is 0 Å². The minimum atomic E-state index is -4.13. The highest BCUT2D eigenvalue weighted by atomic mass is 19.4. The second kappa shape index (κ2) is 6.25. The van der Waals surface area contributed by atoms with Crippen molar-refractivity contribution in [3.63, 3.8) is 0 Å². The first kappa shape index (κ1) is 14.8. The number of hydrogen-bond donors (Lipinski definition) is 0. The fourth-order valence-corrected chi connectivity index (χ4v) is 2.37. The van der Waals surface area contributed by atoms with E-state index >= 15 is 0 Å². The molecule has 1 aliphatic heterocycles. The molecule has 20 heavy (non-hydrogen) atoms. The van der Waals surface area contributed by atoms with Crippen molar-refractivity contribution in [2.24, 2.45) is 0 Å². The zero-order valence-electron chi connectivity index (χ0n) is 11.0. The van der Waals surface area contributed by atoms with E-state index in [9.17, 15) is 13.2 Å². The molecule has 0 aliphatic carbocycles. The molecule has 1 aromatic rings. The van der Waals surface area contributed by atoms with Crippen molar-refractivity contribution in [1.29, 1.82) is 5.26 Å². The van der Waals surface area contributed by atoms with E-state index in [4.69, 9.17) is 5.26 Å². The van der Waals surface area contributed by atoms with Crippen molar-refractivity contribution in [3.8, 4) is 6.07 Å². The highest BCUT2D eigenvalue weighted by Gasteiger charge is 2.32. The predicted molar refractivity (Wildman–Crippen MR) is 68.9 cm³/mol. The second-order valence-electron chi connectivity index (χ2n) is 4.94. The Labute approximate surface area is 116 Å². The van der Waals surface area contributed by atoms with E-state index < -0.39 is 12.7 Å². The van der Waals surface area contributed by atoms with Crippen LogP contribution in [0.5, 0.6) is 0 Å². The van der Waals surface area contributed by atoms with E-state index in [0.29, 0.717) is 38.3 Å². The average molecular weight is 283 g/mol. The summed E-state index contributed by atoms with van der Waals surface area (Å²) < 4.78 is 36.9. The molecule has 1 aromatic carbocycles. The van der Waals surface area contributed by atoms with E-state index in [0.717, 1.165) is 5.56 Å². The lowest BCUT2D eigenvalue weighted by Gasteiger charge is -2.35. The molecule has 0 bridgehead atoms. The van der Waals surface area contributed by atoms with Gasteiger partial charge in [-0.1, -0.05) is 18.2 Å². The molecule has 0 amide bonds. The first-order chi connectivity index (χ1) is 9.48. The van der Waals surface area contributed by atoms with Crippen molar-refractivity contribution in [2.45, 2.75) is 12.7 Å². The van der Waals surface area contributed by atoms with E-state index in [2.05, 4.69) is 11.0 Å². The molecule has 0 aromatic heterocycles. The monoisotopic (exact) mass is 283 g/mol. The highest BCUT2D eigenvalue weighted by molar-refractivity contribution is 5.37. The predicted octanol–water partition coefficient (Wildman–Crippen LogP) is 2.24. The maximum Gasteiger partial charge on any atom is 0.401 e. The summed E-state index contributed by atoms with van der Waals surface area (Å²) in [4.78, 5) is 3.51. The summed E-state index contributed by atoms with van der Waals surface area (Å²) in [5.41, 5.74) is 1.56. The molecule has 1 heterocycles. The summed E-state index contributed by atoms with van der Waals surface area (Å²) >= 11 is 0. The second-order valence-corrected chi connectivity index (χ2v) is 4.94. The molecule has 1 aliphatic rings. The van der Waals surface area contributed by atoms with Crippen LogP contribution in [0, 0.1) is 11.3 Å². The quantitative estimate of drug-likeness (QED) is 0.852. The minimum absolute atomic E-state index is 0.411. The van der Waals surface area contributed by atoms with Crippen LogP contribution in [-0.2, 0) is 6.54 Å². The number of alkyl halides is 3. The zero-order valence-corrected chi connectivity index (χ0v) is 11.0. The van der Waals surface area contributed by atoms with Crippen molar-refractivity contribution >= 4 is 0 Å². The van der Waals surface area contributed by atoms with Gasteiger partial charge in [-0.2, -0.15) is 18.4 Å². The molecule has 2 rings (SSSR count). The number of rotatable bonds is 3. The Morgan fingerprint density at radius 3 is 2.25 bits per heavy atom. The van der Waals surface area contributed by atoms with E-state index in [1.807, 2.05) is 18.2 Å². The van der Waals surface area contributed by atoms with Gasteiger partial charge in [-0.15, -0.1) is 0 Å². The van der Waals surface area contributed by atoms with Crippen molar-refractivity contribution in [3.05, 3.63) is 35.4 Å². The fraction of sp³-hybridized carbons (Fsp3) is 0.500. The maximum absolute atomic E-state index is 12.3. The summed E-state index contributed by atoms with van der Waals surface area (Å²) in [6.07, 6.45) is -4.13. The van der Waals surface area contributed by atoms with Gasteiger partial charge in [0.1, 0.15) is 0 Å². The van der Waals surface area contributed by atoms with Gasteiger partial charge < -0.3 is 0 Å². The van der Waals surface area contributed by atoms with E-state index in [-0.39, 0.29) is 0 Å². The van der Waals surface area contributed by atoms with Gasteiger partial charge in [-0.3, -0.25) is 9.80 Å². The molecular formula is C14H16F3N3. The largest absolute Gasteiger partial charge is 0.401 e. The summed E-state index contributed by atoms with van der Waals surface area (Å²) in [6, 6.07) is 9.47. The van der Waals surface area contributed by atoms with Crippen molar-refractivity contribution in [2.75, 3.05) is 32.7 Å². The molecule has 6 heteroatoms. The highest BCUT2D eigenvalue weighted by Crippen LogP contribution is 2.18. The molecule has 0 N–H and O–H groups in total. The first-order valence-corrected chi connectivity index (χ1v) is 6.47. The third kappa shape index (κ3) is 4.22. The fourth-order valence-electron chi connectivity index (χ4n) is 2.37. The molecule has 3 nitrogen and oxygen atoms in total. The van der Waals surface area contributed by atoms with Crippen LogP contribution in [-0.4, -0.2) is 48.7 Å². The number of benzene rings is 1. The van der Waals surface area contributed by atoms with Gasteiger partial charge >= 0.3 is 6.18 Å². The van der Waals surface area contributed by atoms with Gasteiger partial charge in [0.15, 0.2) is 0 Å². The molecule has 0 unspecified atom stereocenters.